The zero-order valence-corrected chi connectivity index (χ0v) is 19.9. The number of carbonyl (C=O) groups excluding carboxylic acids is 1. The summed E-state index contributed by atoms with van der Waals surface area (Å²) in [4.78, 5) is 13.2. The summed E-state index contributed by atoms with van der Waals surface area (Å²) in [6, 6.07) is 20.5. The average molecular weight is 465 g/mol. The van der Waals surface area contributed by atoms with E-state index in [1.807, 2.05) is 49.4 Å². The molecule has 0 radical (unpaired) electrons. The molecular weight excluding hydrogens is 436 g/mol. The highest BCUT2D eigenvalue weighted by atomic mass is 32.2. The first-order valence-electron chi connectivity index (χ1n) is 11.0. The maximum Gasteiger partial charge on any atom is 0.265 e. The molecule has 3 aromatic rings. The Kier molecular flexibility index (Phi) is 6.42. The van der Waals surface area contributed by atoms with Crippen molar-refractivity contribution in [2.45, 2.75) is 38.2 Å². The monoisotopic (exact) mass is 464 g/mol. The highest BCUT2D eigenvalue weighted by Crippen LogP contribution is 2.38. The van der Waals surface area contributed by atoms with Crippen LogP contribution >= 0.6 is 0 Å². The Hall–Kier alpha value is -3.32. The molecule has 1 N–H and O–H groups in total. The average Bonchev–Trinajstić information content (AvgIpc) is 2.78. The van der Waals surface area contributed by atoms with Crippen LogP contribution in [0.15, 0.2) is 71.6 Å². The molecule has 1 aliphatic rings. The van der Waals surface area contributed by atoms with Crippen LogP contribution in [-0.4, -0.2) is 33.5 Å². The summed E-state index contributed by atoms with van der Waals surface area (Å²) < 4.78 is 34.8. The standard InChI is InChI=1S/C26H28N2O4S/c1-18-15-19(2)25(20(3)16-18)33(30,31)28-17-24(32-23-12-8-7-11-22(23)28)26(29)27-14-13-21-9-5-4-6-10-21/h4-12,15-16,24H,13-14,17H2,1-3H3,(H,27,29). The number of ether oxygens (including phenoxy) is 1. The van der Waals surface area contributed by atoms with E-state index in [-0.39, 0.29) is 17.3 Å². The number of hydrogen-bond donors (Lipinski definition) is 1. The zero-order valence-electron chi connectivity index (χ0n) is 19.0. The van der Waals surface area contributed by atoms with Gasteiger partial charge in [-0.3, -0.25) is 9.10 Å². The summed E-state index contributed by atoms with van der Waals surface area (Å²) >= 11 is 0. The van der Waals surface area contributed by atoms with Gasteiger partial charge in [-0.05, 0) is 56.0 Å². The van der Waals surface area contributed by atoms with Gasteiger partial charge < -0.3 is 10.1 Å². The van der Waals surface area contributed by atoms with Gasteiger partial charge in [0.15, 0.2) is 6.10 Å². The van der Waals surface area contributed by atoms with E-state index in [4.69, 9.17) is 4.74 Å². The highest BCUT2D eigenvalue weighted by Gasteiger charge is 2.38. The van der Waals surface area contributed by atoms with E-state index in [1.54, 1.807) is 38.1 Å². The number of anilines is 1. The molecule has 0 saturated heterocycles. The number of nitrogens with one attached hydrogen (secondary N) is 1. The molecule has 0 spiro atoms. The van der Waals surface area contributed by atoms with Crippen molar-refractivity contribution in [1.29, 1.82) is 0 Å². The number of amides is 1. The lowest BCUT2D eigenvalue weighted by Crippen LogP contribution is -2.51. The molecule has 1 heterocycles. The van der Waals surface area contributed by atoms with Crippen molar-refractivity contribution >= 4 is 21.6 Å². The molecule has 0 fully saturated rings. The van der Waals surface area contributed by atoms with Crippen molar-refractivity contribution in [1.82, 2.24) is 5.32 Å². The van der Waals surface area contributed by atoms with E-state index >= 15 is 0 Å². The minimum absolute atomic E-state index is 0.0940. The molecule has 1 unspecified atom stereocenters. The first kappa shape index (κ1) is 22.9. The third-order valence-corrected chi connectivity index (χ3v) is 7.82. The van der Waals surface area contributed by atoms with Crippen molar-refractivity contribution in [3.8, 4) is 5.75 Å². The maximum absolute atomic E-state index is 13.8. The van der Waals surface area contributed by atoms with Gasteiger partial charge in [-0.2, -0.15) is 0 Å². The van der Waals surface area contributed by atoms with Gasteiger partial charge in [0.25, 0.3) is 15.9 Å². The SMILES string of the molecule is Cc1cc(C)c(S(=O)(=O)N2CC(C(=O)NCCc3ccccc3)Oc3ccccc32)c(C)c1. The first-order valence-corrected chi connectivity index (χ1v) is 12.4. The Balaban J connectivity index is 1.60. The van der Waals surface area contributed by atoms with Crippen LogP contribution in [0.3, 0.4) is 0 Å². The highest BCUT2D eigenvalue weighted by molar-refractivity contribution is 7.93. The van der Waals surface area contributed by atoms with Crippen LogP contribution in [0.4, 0.5) is 5.69 Å². The van der Waals surface area contributed by atoms with Gasteiger partial charge in [0.05, 0.1) is 17.1 Å². The summed E-state index contributed by atoms with van der Waals surface area (Å²) in [7, 11) is -3.91. The van der Waals surface area contributed by atoms with Crippen LogP contribution < -0.4 is 14.4 Å². The lowest BCUT2D eigenvalue weighted by Gasteiger charge is -2.35. The largest absolute Gasteiger partial charge is 0.476 e. The summed E-state index contributed by atoms with van der Waals surface area (Å²) in [6.45, 7) is 5.88. The Morgan fingerprint density at radius 3 is 2.33 bits per heavy atom. The molecule has 4 rings (SSSR count). The van der Waals surface area contributed by atoms with Crippen molar-refractivity contribution in [2.24, 2.45) is 0 Å². The van der Waals surface area contributed by atoms with Crippen molar-refractivity contribution < 1.29 is 17.9 Å². The smallest absolute Gasteiger partial charge is 0.265 e. The first-order chi connectivity index (χ1) is 15.8. The predicted molar refractivity (Wildman–Crippen MR) is 129 cm³/mol. The fourth-order valence-electron chi connectivity index (χ4n) is 4.34. The van der Waals surface area contributed by atoms with Crippen LogP contribution in [0.25, 0.3) is 0 Å². The maximum atomic E-state index is 13.8. The van der Waals surface area contributed by atoms with Gasteiger partial charge in [-0.1, -0.05) is 60.2 Å². The molecule has 172 valence electrons. The van der Waals surface area contributed by atoms with Crippen LogP contribution in [0.5, 0.6) is 5.75 Å². The summed E-state index contributed by atoms with van der Waals surface area (Å²) in [5.74, 6) is 0.0379. The molecule has 1 amide bonds. The van der Waals surface area contributed by atoms with E-state index in [1.165, 1.54) is 4.31 Å². The lowest BCUT2D eigenvalue weighted by atomic mass is 10.1. The Morgan fingerprint density at radius 2 is 1.64 bits per heavy atom. The molecular formula is C26H28N2O4S. The number of carbonyl (C=O) groups is 1. The number of sulfonamides is 1. The van der Waals surface area contributed by atoms with Crippen LogP contribution in [0, 0.1) is 20.8 Å². The van der Waals surface area contributed by atoms with Gasteiger partial charge >= 0.3 is 0 Å². The van der Waals surface area contributed by atoms with Crippen LogP contribution in [0.2, 0.25) is 0 Å². The summed E-state index contributed by atoms with van der Waals surface area (Å²) in [6.07, 6.45) is -0.267. The van der Waals surface area contributed by atoms with Gasteiger partial charge in [-0.15, -0.1) is 0 Å². The van der Waals surface area contributed by atoms with Crippen molar-refractivity contribution in [3.63, 3.8) is 0 Å². The minimum Gasteiger partial charge on any atom is -0.476 e. The Labute approximate surface area is 195 Å². The number of rotatable bonds is 6. The van der Waals surface area contributed by atoms with E-state index in [0.717, 1.165) is 11.1 Å². The van der Waals surface area contributed by atoms with Crippen LogP contribution in [0.1, 0.15) is 22.3 Å². The van der Waals surface area contributed by atoms with Gasteiger partial charge in [0.2, 0.25) is 0 Å². The van der Waals surface area contributed by atoms with Crippen molar-refractivity contribution in [2.75, 3.05) is 17.4 Å². The summed E-state index contributed by atoms with van der Waals surface area (Å²) in [5.41, 5.74) is 3.91. The third kappa shape index (κ3) is 4.73. The second-order valence-electron chi connectivity index (χ2n) is 8.36. The molecule has 1 aliphatic heterocycles. The summed E-state index contributed by atoms with van der Waals surface area (Å²) in [5, 5.41) is 2.89. The molecule has 3 aromatic carbocycles. The number of benzene rings is 3. The number of fused-ring (bicyclic) bond motifs is 1. The number of aryl methyl sites for hydroxylation is 3. The van der Waals surface area contributed by atoms with E-state index in [2.05, 4.69) is 5.32 Å². The van der Waals surface area contributed by atoms with E-state index in [0.29, 0.717) is 35.5 Å². The Morgan fingerprint density at radius 1 is 1.00 bits per heavy atom. The van der Waals surface area contributed by atoms with Gasteiger partial charge in [-0.25, -0.2) is 8.42 Å². The minimum atomic E-state index is -3.91. The molecule has 1 atom stereocenters. The Bertz CT molecular complexity index is 1250. The third-order valence-electron chi connectivity index (χ3n) is 5.74. The van der Waals surface area contributed by atoms with Gasteiger partial charge in [0, 0.05) is 6.54 Å². The quantitative estimate of drug-likeness (QED) is 0.600. The zero-order chi connectivity index (χ0) is 23.6. The molecule has 0 saturated carbocycles. The fourth-order valence-corrected chi connectivity index (χ4v) is 6.23. The topological polar surface area (TPSA) is 75.7 Å². The predicted octanol–water partition coefficient (Wildman–Crippen LogP) is 3.93. The van der Waals surface area contributed by atoms with Crippen LogP contribution in [-0.2, 0) is 21.2 Å². The molecule has 0 bridgehead atoms. The fraction of sp³-hybridized carbons (Fsp3) is 0.269. The van der Waals surface area contributed by atoms with E-state index < -0.39 is 16.1 Å². The molecule has 6 nitrogen and oxygen atoms in total. The molecule has 0 aromatic heterocycles. The lowest BCUT2D eigenvalue weighted by molar-refractivity contribution is -0.127. The number of para-hydroxylation sites is 2. The molecule has 33 heavy (non-hydrogen) atoms. The molecule has 0 aliphatic carbocycles. The van der Waals surface area contributed by atoms with E-state index in [9.17, 15) is 13.2 Å². The van der Waals surface area contributed by atoms with Gasteiger partial charge in [0.1, 0.15) is 5.75 Å². The number of hydrogen-bond acceptors (Lipinski definition) is 4. The second kappa shape index (κ2) is 9.27. The van der Waals surface area contributed by atoms with Crippen molar-refractivity contribution in [3.05, 3.63) is 89.0 Å². The number of nitrogens with zero attached hydrogens (tertiary/aromatic N) is 1. The molecule has 7 heteroatoms. The normalized spacial score (nSPS) is 15.5. The second-order valence-corrected chi connectivity index (χ2v) is 10.2.